The first-order chi connectivity index (χ1) is 6.55. The van der Waals surface area contributed by atoms with Crippen LogP contribution in [0.2, 0.25) is 0 Å². The Labute approximate surface area is 97.3 Å². The fourth-order valence-corrected chi connectivity index (χ4v) is 3.28. The van der Waals surface area contributed by atoms with Crippen molar-refractivity contribution in [3.63, 3.8) is 0 Å². The van der Waals surface area contributed by atoms with Gasteiger partial charge in [-0.15, -0.1) is 11.3 Å². The predicted octanol–water partition coefficient (Wildman–Crippen LogP) is 3.90. The molecule has 1 heterocycles. The first-order valence-corrected chi connectivity index (χ1v) is 6.60. The molecule has 4 heteroatoms. The number of nitrogens with one attached hydrogen (secondary N) is 1. The van der Waals surface area contributed by atoms with Gasteiger partial charge in [0.2, 0.25) is 0 Å². The van der Waals surface area contributed by atoms with Gasteiger partial charge in [-0.1, -0.05) is 13.8 Å². The van der Waals surface area contributed by atoms with E-state index in [9.17, 15) is 0 Å². The van der Waals surface area contributed by atoms with Gasteiger partial charge in [-0.25, -0.2) is 4.98 Å². The van der Waals surface area contributed by atoms with Crippen LogP contribution in [0.25, 0.3) is 0 Å². The van der Waals surface area contributed by atoms with Crippen LogP contribution in [-0.4, -0.2) is 11.0 Å². The Hall–Kier alpha value is -0.0900. The van der Waals surface area contributed by atoms with E-state index in [0.29, 0.717) is 11.5 Å². The van der Waals surface area contributed by atoms with E-state index in [0.717, 1.165) is 9.73 Å². The molecule has 1 fully saturated rings. The molecule has 2 nitrogen and oxygen atoms in total. The molecule has 0 radical (unpaired) electrons. The van der Waals surface area contributed by atoms with Gasteiger partial charge in [-0.05, 0) is 40.6 Å². The molecule has 0 aromatic carbocycles. The Morgan fingerprint density at radius 2 is 2.43 bits per heavy atom. The van der Waals surface area contributed by atoms with Crippen LogP contribution < -0.4 is 5.32 Å². The molecule has 1 aromatic rings. The topological polar surface area (TPSA) is 24.9 Å². The van der Waals surface area contributed by atoms with E-state index in [4.69, 9.17) is 0 Å². The molecule has 1 aliphatic rings. The van der Waals surface area contributed by atoms with Gasteiger partial charge in [-0.2, -0.15) is 0 Å². The lowest BCUT2D eigenvalue weighted by atomic mass is 9.92. The number of anilines is 1. The Morgan fingerprint density at radius 1 is 1.64 bits per heavy atom. The first kappa shape index (κ1) is 10.4. The van der Waals surface area contributed by atoms with E-state index in [-0.39, 0.29) is 0 Å². The maximum absolute atomic E-state index is 4.35. The van der Waals surface area contributed by atoms with E-state index >= 15 is 0 Å². The normalized spacial score (nSPS) is 25.2. The second-order valence-electron chi connectivity index (χ2n) is 4.72. The number of hydrogen-bond acceptors (Lipinski definition) is 3. The largest absolute Gasteiger partial charge is 0.359 e. The fraction of sp³-hybridized carbons (Fsp3) is 0.700. The molecule has 0 amide bonds. The standard InChI is InChI=1S/C10H15BrN2S/c1-10(2)4-3-7(5-10)12-9-13-8(11)6-14-9/h6-7H,3-5H2,1-2H3,(H,12,13). The summed E-state index contributed by atoms with van der Waals surface area (Å²) in [5.41, 5.74) is 0.506. The molecule has 2 rings (SSSR count). The summed E-state index contributed by atoms with van der Waals surface area (Å²) in [6.45, 7) is 4.68. The molecular weight excluding hydrogens is 260 g/mol. The van der Waals surface area contributed by atoms with Crippen molar-refractivity contribution in [2.45, 2.75) is 39.2 Å². The summed E-state index contributed by atoms with van der Waals surface area (Å²) in [5.74, 6) is 0. The summed E-state index contributed by atoms with van der Waals surface area (Å²) < 4.78 is 0.933. The van der Waals surface area contributed by atoms with Gasteiger partial charge < -0.3 is 5.32 Å². The van der Waals surface area contributed by atoms with Crippen LogP contribution in [0.3, 0.4) is 0 Å². The zero-order valence-corrected chi connectivity index (χ0v) is 10.9. The summed E-state index contributed by atoms with van der Waals surface area (Å²) in [4.78, 5) is 4.35. The fourth-order valence-electron chi connectivity index (χ4n) is 2.05. The average Bonchev–Trinajstić information content (AvgIpc) is 2.59. The zero-order valence-electron chi connectivity index (χ0n) is 8.51. The van der Waals surface area contributed by atoms with Crippen molar-refractivity contribution in [2.24, 2.45) is 5.41 Å². The highest BCUT2D eigenvalue weighted by molar-refractivity contribution is 9.10. The monoisotopic (exact) mass is 274 g/mol. The quantitative estimate of drug-likeness (QED) is 0.885. The SMILES string of the molecule is CC1(C)CCC(Nc2nc(Br)cs2)C1. The van der Waals surface area contributed by atoms with Crippen molar-refractivity contribution in [1.29, 1.82) is 0 Å². The van der Waals surface area contributed by atoms with Crippen LogP contribution in [0.15, 0.2) is 9.98 Å². The van der Waals surface area contributed by atoms with E-state index in [1.807, 2.05) is 5.38 Å². The maximum Gasteiger partial charge on any atom is 0.183 e. The molecule has 1 N–H and O–H groups in total. The van der Waals surface area contributed by atoms with Crippen molar-refractivity contribution in [3.8, 4) is 0 Å². The Kier molecular flexibility index (Phi) is 2.84. The summed E-state index contributed by atoms with van der Waals surface area (Å²) >= 11 is 5.03. The minimum atomic E-state index is 0.506. The highest BCUT2D eigenvalue weighted by Gasteiger charge is 2.30. The minimum Gasteiger partial charge on any atom is -0.359 e. The predicted molar refractivity (Wildman–Crippen MR) is 64.9 cm³/mol. The Balaban J connectivity index is 1.94. The molecular formula is C10H15BrN2S. The Morgan fingerprint density at radius 3 is 2.93 bits per heavy atom. The number of hydrogen-bond donors (Lipinski definition) is 1. The van der Waals surface area contributed by atoms with Gasteiger partial charge in [0.15, 0.2) is 5.13 Å². The van der Waals surface area contributed by atoms with Gasteiger partial charge in [-0.3, -0.25) is 0 Å². The van der Waals surface area contributed by atoms with Crippen LogP contribution in [0.1, 0.15) is 33.1 Å². The molecule has 14 heavy (non-hydrogen) atoms. The molecule has 1 saturated carbocycles. The molecule has 1 atom stereocenters. The van der Waals surface area contributed by atoms with E-state index < -0.39 is 0 Å². The highest BCUT2D eigenvalue weighted by atomic mass is 79.9. The average molecular weight is 275 g/mol. The van der Waals surface area contributed by atoms with E-state index in [1.54, 1.807) is 11.3 Å². The van der Waals surface area contributed by atoms with Gasteiger partial charge >= 0.3 is 0 Å². The number of halogens is 1. The van der Waals surface area contributed by atoms with Gasteiger partial charge in [0.1, 0.15) is 4.60 Å². The van der Waals surface area contributed by atoms with Crippen LogP contribution in [0.4, 0.5) is 5.13 Å². The molecule has 0 aliphatic heterocycles. The minimum absolute atomic E-state index is 0.506. The molecule has 0 saturated heterocycles. The van der Waals surface area contributed by atoms with Gasteiger partial charge in [0.05, 0.1) is 0 Å². The van der Waals surface area contributed by atoms with Crippen LogP contribution >= 0.6 is 27.3 Å². The summed E-state index contributed by atoms with van der Waals surface area (Å²) in [6.07, 6.45) is 3.84. The molecule has 0 spiro atoms. The van der Waals surface area contributed by atoms with Gasteiger partial charge in [0, 0.05) is 11.4 Å². The van der Waals surface area contributed by atoms with E-state index in [2.05, 4.69) is 40.1 Å². The first-order valence-electron chi connectivity index (χ1n) is 4.93. The molecule has 1 aliphatic carbocycles. The number of rotatable bonds is 2. The summed E-state index contributed by atoms with van der Waals surface area (Å²) in [5, 5.41) is 6.55. The molecule has 78 valence electrons. The zero-order chi connectivity index (χ0) is 10.2. The van der Waals surface area contributed by atoms with Gasteiger partial charge in [0.25, 0.3) is 0 Å². The van der Waals surface area contributed by atoms with E-state index in [1.165, 1.54) is 19.3 Å². The number of nitrogens with zero attached hydrogens (tertiary/aromatic N) is 1. The lowest BCUT2D eigenvalue weighted by Gasteiger charge is -2.17. The van der Waals surface area contributed by atoms with Crippen LogP contribution in [0, 0.1) is 5.41 Å². The summed E-state index contributed by atoms with van der Waals surface area (Å²) in [7, 11) is 0. The van der Waals surface area contributed by atoms with Crippen LogP contribution in [0.5, 0.6) is 0 Å². The summed E-state index contributed by atoms with van der Waals surface area (Å²) in [6, 6.07) is 0.614. The lowest BCUT2D eigenvalue weighted by molar-refractivity contribution is 0.378. The van der Waals surface area contributed by atoms with Crippen molar-refractivity contribution in [1.82, 2.24) is 4.98 Å². The molecule has 1 unspecified atom stereocenters. The van der Waals surface area contributed by atoms with Crippen LogP contribution in [-0.2, 0) is 0 Å². The third kappa shape index (κ3) is 2.48. The number of thiazole rings is 1. The second kappa shape index (κ2) is 3.81. The second-order valence-corrected chi connectivity index (χ2v) is 6.39. The number of aromatic nitrogens is 1. The lowest BCUT2D eigenvalue weighted by Crippen LogP contribution is -2.17. The van der Waals surface area contributed by atoms with Crippen molar-refractivity contribution < 1.29 is 0 Å². The molecule has 0 bridgehead atoms. The van der Waals surface area contributed by atoms with Crippen molar-refractivity contribution in [3.05, 3.63) is 9.98 Å². The molecule has 1 aromatic heterocycles. The highest BCUT2D eigenvalue weighted by Crippen LogP contribution is 2.38. The third-order valence-electron chi connectivity index (χ3n) is 2.77. The smallest absolute Gasteiger partial charge is 0.183 e. The third-order valence-corrected chi connectivity index (χ3v) is 4.26. The Bertz CT molecular complexity index is 322. The van der Waals surface area contributed by atoms with Crippen molar-refractivity contribution >= 4 is 32.4 Å². The maximum atomic E-state index is 4.35. The van der Waals surface area contributed by atoms with Crippen molar-refractivity contribution in [2.75, 3.05) is 5.32 Å².